The topological polar surface area (TPSA) is 131 Å². The SMILES string of the molecule is [C-]#[N+]c1ccc(CO[N+](=O)[O-])cc1C(=O)N[C@H]1CCc2cc(OC)c(OC)c(OC)c2-c2ccc(SC)c(=O)cc21. The van der Waals surface area contributed by atoms with Gasteiger partial charge in [0, 0.05) is 11.1 Å². The Morgan fingerprint density at radius 3 is 2.51 bits per heavy atom. The maximum absolute atomic E-state index is 13.6. The minimum Gasteiger partial charge on any atom is -0.493 e. The van der Waals surface area contributed by atoms with Crippen molar-refractivity contribution >= 4 is 23.4 Å². The van der Waals surface area contributed by atoms with Gasteiger partial charge in [0.15, 0.2) is 22.6 Å². The molecule has 0 heterocycles. The molecule has 1 aliphatic carbocycles. The number of nitrogens with zero attached hydrogens (tertiary/aromatic N) is 2. The van der Waals surface area contributed by atoms with Gasteiger partial charge in [-0.3, -0.25) is 9.59 Å². The highest BCUT2D eigenvalue weighted by Gasteiger charge is 2.30. The van der Waals surface area contributed by atoms with Gasteiger partial charge in [-0.05, 0) is 59.6 Å². The van der Waals surface area contributed by atoms with Gasteiger partial charge in [0.2, 0.25) is 11.7 Å². The highest BCUT2D eigenvalue weighted by Crippen LogP contribution is 2.50. The van der Waals surface area contributed by atoms with Crippen LogP contribution in [0.15, 0.2) is 52.2 Å². The van der Waals surface area contributed by atoms with Crippen LogP contribution in [0.4, 0.5) is 5.69 Å². The van der Waals surface area contributed by atoms with Crippen molar-refractivity contribution in [3.05, 3.63) is 96.5 Å². The number of carbonyl (C=O) groups is 1. The minimum absolute atomic E-state index is 0.0427. The second-order valence-corrected chi connectivity index (χ2v) is 9.83. The summed E-state index contributed by atoms with van der Waals surface area (Å²) in [6.07, 6.45) is 2.72. The molecule has 0 unspecified atom stereocenters. The first-order valence-corrected chi connectivity index (χ1v) is 13.6. The fraction of sp³-hybridized carbons (Fsp3) is 0.276. The zero-order chi connectivity index (χ0) is 29.7. The average molecular weight is 578 g/mol. The number of aryl methyl sites for hydroxylation is 1. The molecule has 0 spiro atoms. The number of hydrogen-bond donors (Lipinski definition) is 1. The molecule has 11 nitrogen and oxygen atoms in total. The average Bonchev–Trinajstić information content (AvgIpc) is 3.22. The van der Waals surface area contributed by atoms with E-state index in [9.17, 15) is 19.7 Å². The first-order valence-electron chi connectivity index (χ1n) is 12.4. The molecule has 0 saturated carbocycles. The molecule has 1 atom stereocenters. The van der Waals surface area contributed by atoms with Crippen molar-refractivity contribution in [3.8, 4) is 28.4 Å². The van der Waals surface area contributed by atoms with E-state index in [2.05, 4.69) is 15.0 Å². The van der Waals surface area contributed by atoms with Gasteiger partial charge in [-0.2, -0.15) is 0 Å². The third-order valence-corrected chi connectivity index (χ3v) is 7.57. The van der Waals surface area contributed by atoms with E-state index in [1.165, 1.54) is 57.4 Å². The number of carbonyl (C=O) groups excluding carboxylic acids is 1. The van der Waals surface area contributed by atoms with Gasteiger partial charge >= 0.3 is 0 Å². The van der Waals surface area contributed by atoms with E-state index < -0.39 is 17.0 Å². The number of fused-ring (bicyclic) bond motifs is 3. The van der Waals surface area contributed by atoms with Crippen LogP contribution in [0.2, 0.25) is 0 Å². The van der Waals surface area contributed by atoms with E-state index in [1.807, 2.05) is 18.4 Å². The number of rotatable bonds is 9. The van der Waals surface area contributed by atoms with Crippen LogP contribution < -0.4 is 25.0 Å². The second kappa shape index (κ2) is 12.6. The summed E-state index contributed by atoms with van der Waals surface area (Å²) < 4.78 is 17.0. The zero-order valence-corrected chi connectivity index (χ0v) is 23.6. The summed E-state index contributed by atoms with van der Waals surface area (Å²) in [5.74, 6) is 0.758. The Kier molecular flexibility index (Phi) is 8.99. The standard InChI is InChI=1S/C29H27N3O8S/c1-30-21-9-6-16(15-40-32(35)36)12-20(21)29(34)31-22-10-7-17-13-24(37-2)27(38-3)28(39-4)26(17)18-8-11-25(41-5)23(33)14-19(18)22/h6,8-9,11-14,22H,7,10,15H2,2-5H3,(H,31,34)/t22-/m0/s1. The molecule has 0 saturated heterocycles. The van der Waals surface area contributed by atoms with Gasteiger partial charge in [-0.1, -0.05) is 24.3 Å². The molecular formula is C29H27N3O8S. The quantitative estimate of drug-likeness (QED) is 0.159. The molecule has 0 radical (unpaired) electrons. The van der Waals surface area contributed by atoms with E-state index in [4.69, 9.17) is 20.8 Å². The molecular weight excluding hydrogens is 550 g/mol. The summed E-state index contributed by atoms with van der Waals surface area (Å²) in [4.78, 5) is 45.8. The van der Waals surface area contributed by atoms with Gasteiger partial charge in [0.25, 0.3) is 5.09 Å². The van der Waals surface area contributed by atoms with Crippen molar-refractivity contribution in [1.82, 2.24) is 5.32 Å². The van der Waals surface area contributed by atoms with Gasteiger partial charge < -0.3 is 24.4 Å². The molecule has 212 valence electrons. The summed E-state index contributed by atoms with van der Waals surface area (Å²) in [7, 11) is 4.57. The maximum atomic E-state index is 13.6. The fourth-order valence-corrected chi connectivity index (χ4v) is 5.40. The lowest BCUT2D eigenvalue weighted by atomic mass is 9.95. The van der Waals surface area contributed by atoms with Gasteiger partial charge in [0.1, 0.15) is 6.61 Å². The van der Waals surface area contributed by atoms with Gasteiger partial charge in [-0.15, -0.1) is 21.9 Å². The highest BCUT2D eigenvalue weighted by molar-refractivity contribution is 7.98. The smallest absolute Gasteiger partial charge is 0.294 e. The number of amides is 1. The van der Waals surface area contributed by atoms with E-state index in [0.29, 0.717) is 51.7 Å². The molecule has 4 rings (SSSR count). The van der Waals surface area contributed by atoms with Gasteiger partial charge in [0.05, 0.1) is 38.8 Å². The first kappa shape index (κ1) is 29.2. The summed E-state index contributed by atoms with van der Waals surface area (Å²) in [5, 5.41) is 12.7. The van der Waals surface area contributed by atoms with Crippen LogP contribution in [0.3, 0.4) is 0 Å². The van der Waals surface area contributed by atoms with Crippen molar-refractivity contribution in [2.45, 2.75) is 30.4 Å². The van der Waals surface area contributed by atoms with E-state index in [-0.39, 0.29) is 23.3 Å². The zero-order valence-electron chi connectivity index (χ0n) is 22.8. The molecule has 12 heteroatoms. The number of methoxy groups -OCH3 is 3. The van der Waals surface area contributed by atoms with Crippen LogP contribution in [0.5, 0.6) is 17.2 Å². The normalized spacial score (nSPS) is 13.5. The summed E-state index contributed by atoms with van der Waals surface area (Å²) >= 11 is 1.31. The van der Waals surface area contributed by atoms with Crippen LogP contribution in [-0.2, 0) is 17.9 Å². The third kappa shape index (κ3) is 5.90. The van der Waals surface area contributed by atoms with Crippen LogP contribution in [0.25, 0.3) is 16.0 Å². The summed E-state index contributed by atoms with van der Waals surface area (Å²) in [5.41, 5.74) is 3.12. The van der Waals surface area contributed by atoms with Crippen LogP contribution in [0.1, 0.15) is 39.5 Å². The van der Waals surface area contributed by atoms with E-state index in [0.717, 1.165) is 11.1 Å². The lowest BCUT2D eigenvalue weighted by Gasteiger charge is -2.20. The number of thioether (sulfide) groups is 1. The Balaban J connectivity index is 1.87. The molecule has 3 aromatic rings. The summed E-state index contributed by atoms with van der Waals surface area (Å²) in [6, 6.07) is 10.6. The Bertz CT molecular complexity index is 1620. The molecule has 1 aliphatic rings. The Labute approximate surface area is 240 Å². The lowest BCUT2D eigenvalue weighted by molar-refractivity contribution is -0.763. The molecule has 41 heavy (non-hydrogen) atoms. The van der Waals surface area contributed by atoms with Crippen molar-refractivity contribution in [3.63, 3.8) is 0 Å². The van der Waals surface area contributed by atoms with E-state index >= 15 is 0 Å². The Hall–Kier alpha value is -4.76. The molecule has 0 bridgehead atoms. The third-order valence-electron chi connectivity index (χ3n) is 6.79. The van der Waals surface area contributed by atoms with Crippen molar-refractivity contribution in [2.75, 3.05) is 27.6 Å². The number of ether oxygens (including phenoxy) is 3. The predicted molar refractivity (Wildman–Crippen MR) is 153 cm³/mol. The summed E-state index contributed by atoms with van der Waals surface area (Å²) in [6.45, 7) is 7.15. The molecule has 0 aliphatic heterocycles. The van der Waals surface area contributed by atoms with E-state index in [1.54, 1.807) is 6.07 Å². The first-order chi connectivity index (χ1) is 19.8. The predicted octanol–water partition coefficient (Wildman–Crippen LogP) is 5.14. The number of benzene rings is 2. The van der Waals surface area contributed by atoms with Crippen LogP contribution in [0, 0.1) is 16.7 Å². The maximum Gasteiger partial charge on any atom is 0.294 e. The molecule has 1 N–H and O–H groups in total. The van der Waals surface area contributed by atoms with Crippen molar-refractivity contribution < 1.29 is 28.9 Å². The molecule has 1 amide bonds. The molecule has 3 aromatic carbocycles. The Morgan fingerprint density at radius 2 is 1.88 bits per heavy atom. The monoisotopic (exact) mass is 577 g/mol. The fourth-order valence-electron chi connectivity index (χ4n) is 4.93. The van der Waals surface area contributed by atoms with Crippen LogP contribution in [-0.4, -0.2) is 38.6 Å². The minimum atomic E-state index is -0.926. The largest absolute Gasteiger partial charge is 0.493 e. The second-order valence-electron chi connectivity index (χ2n) is 8.98. The van der Waals surface area contributed by atoms with Crippen molar-refractivity contribution in [2.24, 2.45) is 0 Å². The van der Waals surface area contributed by atoms with Gasteiger partial charge in [-0.25, -0.2) is 4.85 Å². The van der Waals surface area contributed by atoms with Crippen LogP contribution >= 0.6 is 11.8 Å². The van der Waals surface area contributed by atoms with Crippen molar-refractivity contribution in [1.29, 1.82) is 0 Å². The number of nitrogens with one attached hydrogen (secondary N) is 1. The molecule has 0 fully saturated rings. The highest BCUT2D eigenvalue weighted by atomic mass is 32.2. The Morgan fingerprint density at radius 1 is 1.12 bits per heavy atom. The molecule has 0 aromatic heterocycles. The number of hydrogen-bond acceptors (Lipinski definition) is 9. The lowest BCUT2D eigenvalue weighted by Crippen LogP contribution is -2.29.